The fourth-order valence-electron chi connectivity index (χ4n) is 4.95. The summed E-state index contributed by atoms with van der Waals surface area (Å²) in [5, 5.41) is 0. The van der Waals surface area contributed by atoms with Gasteiger partial charge in [-0.3, -0.25) is 9.69 Å². The van der Waals surface area contributed by atoms with Crippen molar-refractivity contribution < 1.29 is 13.2 Å². The van der Waals surface area contributed by atoms with Crippen LogP contribution in [0.2, 0.25) is 0 Å². The van der Waals surface area contributed by atoms with Crippen LogP contribution in [-0.4, -0.2) is 55.4 Å². The van der Waals surface area contributed by atoms with Crippen molar-refractivity contribution in [1.82, 2.24) is 4.90 Å². The summed E-state index contributed by atoms with van der Waals surface area (Å²) < 4.78 is 24.9. The Balaban J connectivity index is 1.66. The summed E-state index contributed by atoms with van der Waals surface area (Å²) in [6, 6.07) is 8.05. The van der Waals surface area contributed by atoms with Crippen LogP contribution in [0.15, 0.2) is 24.3 Å². The number of benzene rings is 1. The quantitative estimate of drug-likeness (QED) is 0.813. The highest BCUT2D eigenvalue weighted by Crippen LogP contribution is 2.35. The van der Waals surface area contributed by atoms with Crippen molar-refractivity contribution in [2.45, 2.75) is 63.6 Å². The van der Waals surface area contributed by atoms with Gasteiger partial charge in [-0.25, -0.2) is 8.42 Å². The fraction of sp³-hybridized carbons (Fsp3) is 0.650. The van der Waals surface area contributed by atoms with E-state index in [0.29, 0.717) is 12.6 Å². The maximum atomic E-state index is 13.0. The van der Waals surface area contributed by atoms with Crippen LogP contribution >= 0.6 is 0 Å². The number of sulfone groups is 1. The maximum absolute atomic E-state index is 13.0. The van der Waals surface area contributed by atoms with Gasteiger partial charge in [0.25, 0.3) is 0 Å². The molecule has 4 rings (SSSR count). The smallest absolute Gasteiger partial charge is 0.241 e. The molecule has 2 aliphatic heterocycles. The summed E-state index contributed by atoms with van der Waals surface area (Å²) >= 11 is 0. The monoisotopic (exact) mass is 376 g/mol. The Morgan fingerprint density at radius 1 is 1.00 bits per heavy atom. The van der Waals surface area contributed by atoms with Crippen LogP contribution in [0.5, 0.6) is 0 Å². The summed E-state index contributed by atoms with van der Waals surface area (Å²) in [4.78, 5) is 17.0. The first-order valence-electron chi connectivity index (χ1n) is 9.85. The van der Waals surface area contributed by atoms with E-state index in [1.165, 1.54) is 24.8 Å². The van der Waals surface area contributed by atoms with Gasteiger partial charge in [0, 0.05) is 17.8 Å². The third-order valence-corrected chi connectivity index (χ3v) is 8.00. The highest BCUT2D eigenvalue weighted by molar-refractivity contribution is 7.91. The first kappa shape index (κ1) is 18.0. The molecule has 0 radical (unpaired) electrons. The zero-order chi connectivity index (χ0) is 18.3. The summed E-state index contributed by atoms with van der Waals surface area (Å²) in [7, 11) is -3.11. The van der Waals surface area contributed by atoms with E-state index in [2.05, 4.69) is 11.8 Å². The van der Waals surface area contributed by atoms with E-state index in [9.17, 15) is 13.2 Å². The minimum atomic E-state index is -3.11. The average Bonchev–Trinajstić information content (AvgIpc) is 2.97. The Kier molecular flexibility index (Phi) is 4.82. The third kappa shape index (κ3) is 3.29. The van der Waals surface area contributed by atoms with E-state index in [0.717, 1.165) is 24.9 Å². The van der Waals surface area contributed by atoms with E-state index >= 15 is 0 Å². The van der Waals surface area contributed by atoms with Gasteiger partial charge in [0.2, 0.25) is 5.91 Å². The molecule has 1 amide bonds. The number of carbonyl (C=O) groups is 1. The SMILES string of the molecule is CCc1ccc(N2C(=O)CN(C3CCCCC3)[C@H]3CS(=O)(=O)C[C@H]32)cc1. The van der Waals surface area contributed by atoms with Crippen molar-refractivity contribution in [1.29, 1.82) is 0 Å². The molecule has 6 heteroatoms. The molecule has 0 aromatic heterocycles. The number of hydrogen-bond acceptors (Lipinski definition) is 4. The number of nitrogens with zero attached hydrogens (tertiary/aromatic N) is 2. The van der Waals surface area contributed by atoms with Gasteiger partial charge in [-0.2, -0.15) is 0 Å². The molecule has 1 aliphatic carbocycles. The van der Waals surface area contributed by atoms with E-state index in [1.807, 2.05) is 24.3 Å². The van der Waals surface area contributed by atoms with Gasteiger partial charge in [-0.05, 0) is 37.0 Å². The molecular formula is C20H28N2O3S. The Hall–Kier alpha value is -1.40. The van der Waals surface area contributed by atoms with Crippen LogP contribution in [0.3, 0.4) is 0 Å². The van der Waals surface area contributed by atoms with Crippen LogP contribution < -0.4 is 4.90 Å². The van der Waals surface area contributed by atoms with Gasteiger partial charge >= 0.3 is 0 Å². The van der Waals surface area contributed by atoms with Gasteiger partial charge < -0.3 is 4.90 Å². The van der Waals surface area contributed by atoms with Crippen molar-refractivity contribution in [3.63, 3.8) is 0 Å². The second-order valence-electron chi connectivity index (χ2n) is 7.96. The molecule has 142 valence electrons. The van der Waals surface area contributed by atoms with Gasteiger partial charge in [0.15, 0.2) is 9.84 Å². The van der Waals surface area contributed by atoms with Crippen LogP contribution in [0.4, 0.5) is 5.69 Å². The number of carbonyl (C=O) groups excluding carboxylic acids is 1. The molecule has 0 N–H and O–H groups in total. The number of anilines is 1. The van der Waals surface area contributed by atoms with E-state index in [4.69, 9.17) is 0 Å². The molecule has 3 fully saturated rings. The van der Waals surface area contributed by atoms with Crippen LogP contribution in [-0.2, 0) is 21.1 Å². The minimum Gasteiger partial charge on any atom is -0.306 e. The molecule has 2 heterocycles. The standard InChI is InChI=1S/C20H28N2O3S/c1-2-15-8-10-17(11-9-15)22-19-14-26(24,25)13-18(19)21(12-20(22)23)16-6-4-3-5-7-16/h8-11,16,18-19H,2-7,12-14H2,1H3/t18-,19+/m0/s1. The van der Waals surface area contributed by atoms with Gasteiger partial charge in [0.1, 0.15) is 0 Å². The van der Waals surface area contributed by atoms with E-state index in [1.54, 1.807) is 4.90 Å². The third-order valence-electron chi connectivity index (χ3n) is 6.30. The Labute approximate surface area is 156 Å². The normalized spacial score (nSPS) is 29.7. The highest BCUT2D eigenvalue weighted by Gasteiger charge is 2.51. The first-order valence-corrected chi connectivity index (χ1v) is 11.7. The number of aryl methyl sites for hydroxylation is 1. The van der Waals surface area contributed by atoms with Crippen molar-refractivity contribution in [3.05, 3.63) is 29.8 Å². The molecular weight excluding hydrogens is 348 g/mol. The Bertz CT molecular complexity index is 769. The van der Waals surface area contributed by atoms with Crippen molar-refractivity contribution in [3.8, 4) is 0 Å². The molecule has 1 saturated carbocycles. The van der Waals surface area contributed by atoms with Crippen molar-refractivity contribution in [2.24, 2.45) is 0 Å². The molecule has 26 heavy (non-hydrogen) atoms. The lowest BCUT2D eigenvalue weighted by atomic mass is 9.91. The van der Waals surface area contributed by atoms with Crippen molar-refractivity contribution in [2.75, 3.05) is 23.0 Å². The maximum Gasteiger partial charge on any atom is 0.241 e. The molecule has 0 bridgehead atoms. The predicted octanol–water partition coefficient (Wildman–Crippen LogP) is 2.40. The molecule has 1 aromatic carbocycles. The zero-order valence-electron chi connectivity index (χ0n) is 15.4. The average molecular weight is 377 g/mol. The van der Waals surface area contributed by atoms with Crippen LogP contribution in [0.1, 0.15) is 44.6 Å². The summed E-state index contributed by atoms with van der Waals surface area (Å²) in [6.45, 7) is 2.44. The first-order chi connectivity index (χ1) is 12.5. The number of fused-ring (bicyclic) bond motifs is 1. The molecule has 2 atom stereocenters. The Morgan fingerprint density at radius 2 is 1.65 bits per heavy atom. The number of piperazine rings is 1. The topological polar surface area (TPSA) is 57.7 Å². The summed E-state index contributed by atoms with van der Waals surface area (Å²) in [6.07, 6.45) is 6.73. The van der Waals surface area contributed by atoms with E-state index < -0.39 is 9.84 Å². The molecule has 0 unspecified atom stereocenters. The minimum absolute atomic E-state index is 0.0400. The molecule has 2 saturated heterocycles. The fourth-order valence-corrected chi connectivity index (χ4v) is 6.91. The summed E-state index contributed by atoms with van der Waals surface area (Å²) in [5.41, 5.74) is 2.06. The second-order valence-corrected chi connectivity index (χ2v) is 10.1. The zero-order valence-corrected chi connectivity index (χ0v) is 16.2. The van der Waals surface area contributed by atoms with Crippen LogP contribution in [0.25, 0.3) is 0 Å². The van der Waals surface area contributed by atoms with Crippen molar-refractivity contribution >= 4 is 21.4 Å². The predicted molar refractivity (Wildman–Crippen MR) is 103 cm³/mol. The Morgan fingerprint density at radius 3 is 2.31 bits per heavy atom. The lowest BCUT2D eigenvalue weighted by Gasteiger charge is -2.47. The van der Waals surface area contributed by atoms with Gasteiger partial charge in [-0.15, -0.1) is 0 Å². The highest BCUT2D eigenvalue weighted by atomic mass is 32.2. The molecule has 5 nitrogen and oxygen atoms in total. The molecule has 0 spiro atoms. The lowest BCUT2D eigenvalue weighted by Crippen LogP contribution is -2.64. The largest absolute Gasteiger partial charge is 0.306 e. The lowest BCUT2D eigenvalue weighted by molar-refractivity contribution is -0.124. The number of rotatable bonds is 3. The summed E-state index contributed by atoms with van der Waals surface area (Å²) in [5.74, 6) is 0.311. The van der Waals surface area contributed by atoms with Crippen LogP contribution in [0, 0.1) is 0 Å². The number of hydrogen-bond donors (Lipinski definition) is 0. The second kappa shape index (κ2) is 6.97. The molecule has 3 aliphatic rings. The van der Waals surface area contributed by atoms with Gasteiger partial charge in [-0.1, -0.05) is 38.3 Å². The molecule has 1 aromatic rings. The van der Waals surface area contributed by atoms with Gasteiger partial charge in [0.05, 0.1) is 24.1 Å². The van der Waals surface area contributed by atoms with E-state index in [-0.39, 0.29) is 29.5 Å². The number of amides is 1.